The molecule has 2 atom stereocenters. The second-order valence-electron chi connectivity index (χ2n) is 29.5. The molecule has 0 N–H and O–H groups in total. The Labute approximate surface area is 597 Å². The van der Waals surface area contributed by atoms with Gasteiger partial charge in [0.15, 0.2) is 6.10 Å². The lowest BCUT2D eigenvalue weighted by Gasteiger charge is -2.28. The zero-order chi connectivity index (χ0) is 69.7. The average molecular weight is 1370 g/mol. The van der Waals surface area contributed by atoms with Crippen LogP contribution in [0.4, 0.5) is 0 Å². The zero-order valence-corrected chi connectivity index (χ0v) is 65.2. The number of ether oxygens (including phenoxy) is 2. The molecule has 0 saturated heterocycles. The van der Waals surface area contributed by atoms with E-state index in [-0.39, 0.29) is 32.0 Å². The topological polar surface area (TPSA) is 111 Å². The van der Waals surface area contributed by atoms with Gasteiger partial charge in [-0.1, -0.05) is 389 Å². The van der Waals surface area contributed by atoms with E-state index >= 15 is 0 Å². The van der Waals surface area contributed by atoms with E-state index in [1.54, 1.807) is 0 Å². The van der Waals surface area contributed by atoms with Crippen LogP contribution < -0.4 is 4.89 Å². The van der Waals surface area contributed by atoms with Crippen molar-refractivity contribution in [3.05, 3.63) is 72.9 Å². The fourth-order valence-electron chi connectivity index (χ4n) is 12.4. The van der Waals surface area contributed by atoms with Crippen molar-refractivity contribution in [1.29, 1.82) is 0 Å². The Morgan fingerprint density at radius 2 is 0.594 bits per heavy atom. The Morgan fingerprint density at radius 1 is 0.333 bits per heavy atom. The molecule has 0 aromatic heterocycles. The molecule has 0 heterocycles. The Morgan fingerprint density at radius 3 is 0.896 bits per heavy atom. The van der Waals surface area contributed by atoms with Gasteiger partial charge in [0, 0.05) is 12.8 Å². The third-order valence-corrected chi connectivity index (χ3v) is 19.7. The lowest BCUT2D eigenvalue weighted by Crippen LogP contribution is -2.37. The largest absolute Gasteiger partial charge is 0.756 e. The van der Waals surface area contributed by atoms with Crippen molar-refractivity contribution in [2.75, 3.05) is 47.5 Å². The van der Waals surface area contributed by atoms with Crippen molar-refractivity contribution in [3.63, 3.8) is 0 Å². The molecule has 0 spiro atoms. The minimum absolute atomic E-state index is 0.0288. The summed E-state index contributed by atoms with van der Waals surface area (Å²) in [5, 5.41) is 0. The van der Waals surface area contributed by atoms with Crippen LogP contribution in [0.2, 0.25) is 0 Å². The van der Waals surface area contributed by atoms with Crippen molar-refractivity contribution >= 4 is 19.8 Å². The Bertz CT molecular complexity index is 1850. The van der Waals surface area contributed by atoms with Gasteiger partial charge in [0.25, 0.3) is 7.82 Å². The number of unbranched alkanes of at least 4 members (excludes halogenated alkanes) is 52. The predicted molar refractivity (Wildman–Crippen MR) is 416 cm³/mol. The van der Waals surface area contributed by atoms with Crippen LogP contribution in [0.3, 0.4) is 0 Å². The number of carbonyl (C=O) groups excluding carboxylic acids is 2. The number of rotatable bonds is 78. The molecule has 0 fully saturated rings. The zero-order valence-electron chi connectivity index (χ0n) is 64.3. The Hall–Kier alpha value is -2.55. The molecule has 0 aromatic rings. The van der Waals surface area contributed by atoms with E-state index in [1.807, 2.05) is 21.1 Å². The molecule has 562 valence electrons. The monoisotopic (exact) mass is 1370 g/mol. The molecular weight excluding hydrogens is 1210 g/mol. The molecule has 9 nitrogen and oxygen atoms in total. The highest BCUT2D eigenvalue weighted by molar-refractivity contribution is 7.45. The third-order valence-electron chi connectivity index (χ3n) is 18.7. The van der Waals surface area contributed by atoms with Gasteiger partial charge in [-0.3, -0.25) is 14.2 Å². The summed E-state index contributed by atoms with van der Waals surface area (Å²) in [6.07, 6.45) is 105. The lowest BCUT2D eigenvalue weighted by atomic mass is 10.0. The summed E-state index contributed by atoms with van der Waals surface area (Å²) in [7, 11) is 1.19. The molecular formula is C86H160NO8P. The normalized spacial score (nSPS) is 13.4. The number of esters is 2. The van der Waals surface area contributed by atoms with Gasteiger partial charge in [0.05, 0.1) is 27.7 Å². The summed E-state index contributed by atoms with van der Waals surface area (Å²) < 4.78 is 34.5. The molecule has 0 radical (unpaired) electrons. The van der Waals surface area contributed by atoms with E-state index < -0.39 is 26.5 Å². The fourth-order valence-corrected chi connectivity index (χ4v) is 13.1. The number of phosphoric acid groups is 1. The molecule has 96 heavy (non-hydrogen) atoms. The van der Waals surface area contributed by atoms with Crippen LogP contribution in [0.15, 0.2) is 72.9 Å². The third kappa shape index (κ3) is 80.4. The maximum absolute atomic E-state index is 12.9. The number of likely N-dealkylation sites (N-methyl/N-ethyl adjacent to an activating group) is 1. The summed E-state index contributed by atoms with van der Waals surface area (Å²) in [6.45, 7) is 4.20. The molecule has 2 unspecified atom stereocenters. The van der Waals surface area contributed by atoms with E-state index in [0.29, 0.717) is 17.4 Å². The highest BCUT2D eigenvalue weighted by Gasteiger charge is 2.22. The van der Waals surface area contributed by atoms with Gasteiger partial charge in [0.1, 0.15) is 19.8 Å². The lowest BCUT2D eigenvalue weighted by molar-refractivity contribution is -0.870. The van der Waals surface area contributed by atoms with Crippen LogP contribution in [0.1, 0.15) is 412 Å². The minimum Gasteiger partial charge on any atom is -0.756 e. The van der Waals surface area contributed by atoms with Gasteiger partial charge in [0.2, 0.25) is 0 Å². The molecule has 10 heteroatoms. The van der Waals surface area contributed by atoms with Crippen molar-refractivity contribution in [1.82, 2.24) is 0 Å². The predicted octanol–water partition coefficient (Wildman–Crippen LogP) is 27.2. The first kappa shape index (κ1) is 93.5. The number of hydrogen-bond donors (Lipinski definition) is 0. The van der Waals surface area contributed by atoms with E-state index in [2.05, 4.69) is 86.8 Å². The van der Waals surface area contributed by atoms with Gasteiger partial charge in [-0.15, -0.1) is 0 Å². The minimum atomic E-state index is -4.65. The van der Waals surface area contributed by atoms with Crippen molar-refractivity contribution < 1.29 is 42.1 Å². The van der Waals surface area contributed by atoms with Gasteiger partial charge in [-0.05, 0) is 83.5 Å². The van der Waals surface area contributed by atoms with Crippen molar-refractivity contribution in [2.45, 2.75) is 418 Å². The van der Waals surface area contributed by atoms with Crippen LogP contribution in [-0.2, 0) is 32.7 Å². The summed E-state index contributed by atoms with van der Waals surface area (Å²) in [5.41, 5.74) is 0. The number of carbonyl (C=O) groups is 2. The second-order valence-corrected chi connectivity index (χ2v) is 30.9. The molecule has 0 aliphatic carbocycles. The maximum atomic E-state index is 12.9. The Balaban J connectivity index is 3.90. The molecule has 0 saturated carbocycles. The fraction of sp³-hybridized carbons (Fsp3) is 0.837. The molecule has 0 bridgehead atoms. The number of allylic oxidation sites excluding steroid dienone is 12. The van der Waals surface area contributed by atoms with Crippen LogP contribution in [0.25, 0.3) is 0 Å². The van der Waals surface area contributed by atoms with E-state index in [4.69, 9.17) is 18.5 Å². The number of hydrogen-bond acceptors (Lipinski definition) is 8. The van der Waals surface area contributed by atoms with Crippen LogP contribution in [0.5, 0.6) is 0 Å². The Kier molecular flexibility index (Phi) is 74.6. The molecule has 0 aliphatic rings. The van der Waals surface area contributed by atoms with Crippen LogP contribution in [0, 0.1) is 0 Å². The number of phosphoric ester groups is 1. The van der Waals surface area contributed by atoms with Crippen LogP contribution in [-0.4, -0.2) is 70.0 Å². The first-order valence-electron chi connectivity index (χ1n) is 41.6. The van der Waals surface area contributed by atoms with E-state index in [9.17, 15) is 19.0 Å². The number of quaternary nitrogens is 1. The van der Waals surface area contributed by atoms with Gasteiger partial charge >= 0.3 is 11.9 Å². The number of nitrogens with zero attached hydrogens (tertiary/aromatic N) is 1. The maximum Gasteiger partial charge on any atom is 0.306 e. The summed E-state index contributed by atoms with van der Waals surface area (Å²) >= 11 is 0. The van der Waals surface area contributed by atoms with Gasteiger partial charge in [-0.2, -0.15) is 0 Å². The summed E-state index contributed by atoms with van der Waals surface area (Å²) in [6, 6.07) is 0. The van der Waals surface area contributed by atoms with E-state index in [0.717, 1.165) is 64.2 Å². The molecule has 0 rings (SSSR count). The smallest absolute Gasteiger partial charge is 0.306 e. The quantitative estimate of drug-likeness (QED) is 0.0195. The van der Waals surface area contributed by atoms with Crippen LogP contribution >= 0.6 is 7.82 Å². The first-order valence-corrected chi connectivity index (χ1v) is 43.1. The first-order chi connectivity index (χ1) is 47.0. The van der Waals surface area contributed by atoms with Gasteiger partial charge < -0.3 is 27.9 Å². The molecule has 0 aromatic carbocycles. The SMILES string of the molecule is CC/C=C\C/C=C\C/C=C\C/C=C\C/C=C\CCCCCCCCCCCCCCCCCCCCCCCC(=O)OC(COC(=O)CCCCCCCCCCCCCCCCCCCCCCCCC/C=C\CCCCCCCCCC)COP(=O)([O-])OCC[N+](C)(C)C. The van der Waals surface area contributed by atoms with Crippen molar-refractivity contribution in [2.24, 2.45) is 0 Å². The van der Waals surface area contributed by atoms with E-state index in [1.165, 1.54) is 315 Å². The second kappa shape index (κ2) is 76.6. The standard InChI is InChI=1S/C86H160NO8P/c1-6-8-10-12-14-16-18-20-22-24-26-28-30-32-34-36-38-40-42-43-45-47-49-51-53-55-57-59-61-63-65-67-69-71-73-75-77-79-86(89)95-84(83-94-96(90,91)93-81-80-87(3,4)5)82-92-85(88)78-76-74-72-70-68-66-64-62-60-58-56-54-52-50-48-46-44-41-39-37-35-33-31-29-27-25-23-21-19-17-15-13-11-9-7-2/h8,10,14,16,20,22,25-28,32,34,84H,6-7,9,11-13,15,17-19,21,23-24,29-31,33,35-83H2,1-5H3/b10-8-,16-14-,22-20-,27-25-,28-26-,34-32-. The van der Waals surface area contributed by atoms with Crippen molar-refractivity contribution in [3.8, 4) is 0 Å². The molecule has 0 aliphatic heterocycles. The van der Waals surface area contributed by atoms with Gasteiger partial charge in [-0.25, -0.2) is 0 Å². The highest BCUT2D eigenvalue weighted by Crippen LogP contribution is 2.38. The summed E-state index contributed by atoms with van der Waals surface area (Å²) in [4.78, 5) is 38.2. The highest BCUT2D eigenvalue weighted by atomic mass is 31.2. The average Bonchev–Trinajstić information content (AvgIpc) is 2.72. The molecule has 0 amide bonds. The summed E-state index contributed by atoms with van der Waals surface area (Å²) in [5.74, 6) is -0.810.